The first-order valence-electron chi connectivity index (χ1n) is 15.3. The summed E-state index contributed by atoms with van der Waals surface area (Å²) in [5.41, 5.74) is 3.21. The van der Waals surface area contributed by atoms with Gasteiger partial charge in [-0.2, -0.15) is 13.2 Å². The Morgan fingerprint density at radius 2 is 1.63 bits per heavy atom. The van der Waals surface area contributed by atoms with Gasteiger partial charge >= 0.3 is 6.18 Å². The van der Waals surface area contributed by atoms with Crippen LogP contribution in [0.25, 0.3) is 0 Å². The van der Waals surface area contributed by atoms with Crippen LogP contribution in [0, 0.1) is 13.8 Å². The molecule has 0 radical (unpaired) electrons. The first-order chi connectivity index (χ1) is 19.6. The van der Waals surface area contributed by atoms with Crippen molar-refractivity contribution >= 4 is 5.91 Å². The average molecular weight is 574 g/mol. The maximum Gasteiger partial charge on any atom is 0.416 e. The number of halogens is 3. The number of carbonyl (C=O) groups excluding carboxylic acids is 1. The molecule has 226 valence electrons. The summed E-state index contributed by atoms with van der Waals surface area (Å²) in [4.78, 5) is 19.6. The smallest absolute Gasteiger partial charge is 0.416 e. The summed E-state index contributed by atoms with van der Waals surface area (Å²) in [5.74, 6) is 0.728. The molecule has 2 fully saturated rings. The van der Waals surface area contributed by atoms with E-state index in [0.29, 0.717) is 32.8 Å². The van der Waals surface area contributed by atoms with E-state index in [-0.39, 0.29) is 17.5 Å². The third-order valence-electron chi connectivity index (χ3n) is 9.18. The van der Waals surface area contributed by atoms with Crippen LogP contribution in [0.5, 0.6) is 5.75 Å². The predicted molar refractivity (Wildman–Crippen MR) is 157 cm³/mol. The molecule has 5 nitrogen and oxygen atoms in total. The van der Waals surface area contributed by atoms with E-state index in [4.69, 9.17) is 4.74 Å². The maximum absolute atomic E-state index is 12.9. The van der Waals surface area contributed by atoms with Crippen LogP contribution < -0.4 is 4.74 Å². The molecule has 4 rings (SSSR count). The summed E-state index contributed by atoms with van der Waals surface area (Å²) in [6.45, 7) is 14.1. The largest absolute Gasteiger partial charge is 0.493 e. The van der Waals surface area contributed by atoms with Gasteiger partial charge in [-0.15, -0.1) is 0 Å². The molecule has 2 aliphatic rings. The van der Waals surface area contributed by atoms with Gasteiger partial charge in [-0.25, -0.2) is 0 Å². The lowest BCUT2D eigenvalue weighted by molar-refractivity contribution is -0.137. The van der Waals surface area contributed by atoms with E-state index < -0.39 is 11.7 Å². The number of carbonyl (C=O) groups is 1. The van der Waals surface area contributed by atoms with Crippen LogP contribution >= 0.6 is 0 Å². The molecule has 1 aliphatic heterocycles. The predicted octanol–water partition coefficient (Wildman–Crippen LogP) is 7.26. The molecule has 1 unspecified atom stereocenters. The molecular weight excluding hydrogens is 527 g/mol. The van der Waals surface area contributed by atoms with Gasteiger partial charge in [-0.1, -0.05) is 32.3 Å². The second-order valence-corrected chi connectivity index (χ2v) is 11.6. The molecule has 1 atom stereocenters. The van der Waals surface area contributed by atoms with Crippen molar-refractivity contribution in [2.45, 2.75) is 84.5 Å². The molecule has 0 spiro atoms. The lowest BCUT2D eigenvalue weighted by Gasteiger charge is -2.39. The summed E-state index contributed by atoms with van der Waals surface area (Å²) in [7, 11) is 0. The van der Waals surface area contributed by atoms with Crippen LogP contribution in [-0.4, -0.2) is 72.5 Å². The molecular formula is C33H46F3N3O2. The van der Waals surface area contributed by atoms with Gasteiger partial charge in [-0.05, 0) is 93.6 Å². The monoisotopic (exact) mass is 573 g/mol. The Labute approximate surface area is 243 Å². The van der Waals surface area contributed by atoms with E-state index in [2.05, 4.69) is 49.6 Å². The van der Waals surface area contributed by atoms with Gasteiger partial charge in [0.2, 0.25) is 0 Å². The maximum atomic E-state index is 12.9. The lowest BCUT2D eigenvalue weighted by Crippen LogP contribution is -2.49. The Morgan fingerprint density at radius 3 is 2.24 bits per heavy atom. The molecule has 0 N–H and O–H groups in total. The Bertz CT molecular complexity index is 1140. The molecule has 1 saturated heterocycles. The minimum Gasteiger partial charge on any atom is -0.493 e. The molecule has 1 heterocycles. The van der Waals surface area contributed by atoms with E-state index in [1.54, 1.807) is 4.90 Å². The van der Waals surface area contributed by atoms with E-state index in [9.17, 15) is 18.0 Å². The van der Waals surface area contributed by atoms with Crippen molar-refractivity contribution in [1.82, 2.24) is 14.7 Å². The number of ether oxygens (including phenoxy) is 1. The van der Waals surface area contributed by atoms with Crippen molar-refractivity contribution in [3.05, 3.63) is 64.2 Å². The number of nitrogens with zero attached hydrogens (tertiary/aromatic N) is 3. The summed E-state index contributed by atoms with van der Waals surface area (Å²) in [5, 5.41) is 0. The van der Waals surface area contributed by atoms with E-state index in [1.165, 1.54) is 60.9 Å². The molecule has 41 heavy (non-hydrogen) atoms. The molecule has 8 heteroatoms. The van der Waals surface area contributed by atoms with Crippen LogP contribution in [0.3, 0.4) is 0 Å². The zero-order chi connectivity index (χ0) is 29.6. The van der Waals surface area contributed by atoms with Crippen LogP contribution in [0.2, 0.25) is 0 Å². The van der Waals surface area contributed by atoms with Crippen molar-refractivity contribution in [2.24, 2.45) is 0 Å². The Kier molecular flexibility index (Phi) is 10.8. The summed E-state index contributed by atoms with van der Waals surface area (Å²) in [6.07, 6.45) is 3.38. The van der Waals surface area contributed by atoms with Gasteiger partial charge in [-0.3, -0.25) is 9.69 Å². The van der Waals surface area contributed by atoms with Crippen LogP contribution in [0.4, 0.5) is 13.2 Å². The summed E-state index contributed by atoms with van der Waals surface area (Å²) < 4.78 is 44.8. The third kappa shape index (κ3) is 7.83. The van der Waals surface area contributed by atoms with Gasteiger partial charge in [0.05, 0.1) is 12.2 Å². The highest BCUT2D eigenvalue weighted by molar-refractivity contribution is 5.94. The molecule has 2 aromatic carbocycles. The number of amides is 1. The number of hydrogen-bond acceptors (Lipinski definition) is 4. The van der Waals surface area contributed by atoms with Crippen LogP contribution in [-0.2, 0) is 6.18 Å². The SMILES string of the molecule is CCN(CCCOc1ccc(C(C)N2CCN(C(=O)c3ccc(C(F)(F)F)cc3)CC2)c(C)c1C)C1CCCCC1. The summed E-state index contributed by atoms with van der Waals surface area (Å²) in [6, 6.07) is 9.67. The van der Waals surface area contributed by atoms with Gasteiger partial charge in [0.1, 0.15) is 5.75 Å². The fourth-order valence-corrected chi connectivity index (χ4v) is 6.41. The third-order valence-corrected chi connectivity index (χ3v) is 9.18. The molecule has 2 aromatic rings. The Morgan fingerprint density at radius 1 is 0.976 bits per heavy atom. The van der Waals surface area contributed by atoms with E-state index in [1.807, 2.05) is 0 Å². The highest BCUT2D eigenvalue weighted by atomic mass is 19.4. The minimum atomic E-state index is -4.41. The molecule has 0 bridgehead atoms. The normalized spacial score (nSPS) is 18.1. The second kappa shape index (κ2) is 14.1. The zero-order valence-electron chi connectivity index (χ0n) is 25.1. The molecule has 1 amide bonds. The van der Waals surface area contributed by atoms with Gasteiger partial charge in [0.25, 0.3) is 5.91 Å². The molecule has 0 aromatic heterocycles. The number of rotatable bonds is 10. The number of piperazine rings is 1. The van der Waals surface area contributed by atoms with Crippen molar-refractivity contribution in [3.63, 3.8) is 0 Å². The topological polar surface area (TPSA) is 36.0 Å². The number of alkyl halides is 3. The summed E-state index contributed by atoms with van der Waals surface area (Å²) >= 11 is 0. The van der Waals surface area contributed by atoms with Crippen molar-refractivity contribution in [3.8, 4) is 5.75 Å². The van der Waals surface area contributed by atoms with E-state index >= 15 is 0 Å². The van der Waals surface area contributed by atoms with Gasteiger partial charge in [0.15, 0.2) is 0 Å². The Hall–Kier alpha value is -2.58. The fourth-order valence-electron chi connectivity index (χ4n) is 6.41. The highest BCUT2D eigenvalue weighted by Crippen LogP contribution is 2.32. The Balaban J connectivity index is 1.27. The fraction of sp³-hybridized carbons (Fsp3) is 0.606. The minimum absolute atomic E-state index is 0.180. The lowest BCUT2D eigenvalue weighted by atomic mass is 9.94. The first kappa shape index (κ1) is 31.4. The van der Waals surface area contributed by atoms with Crippen molar-refractivity contribution in [2.75, 3.05) is 45.9 Å². The molecule has 1 saturated carbocycles. The quantitative estimate of drug-likeness (QED) is 0.280. The highest BCUT2D eigenvalue weighted by Gasteiger charge is 2.31. The second-order valence-electron chi connectivity index (χ2n) is 11.6. The first-order valence-corrected chi connectivity index (χ1v) is 15.3. The van der Waals surface area contributed by atoms with Crippen LogP contribution in [0.1, 0.15) is 91.0 Å². The molecule has 1 aliphatic carbocycles. The van der Waals surface area contributed by atoms with Crippen LogP contribution in [0.15, 0.2) is 36.4 Å². The van der Waals surface area contributed by atoms with Gasteiger partial charge < -0.3 is 14.5 Å². The number of benzene rings is 2. The van der Waals surface area contributed by atoms with E-state index in [0.717, 1.165) is 43.4 Å². The van der Waals surface area contributed by atoms with Crippen molar-refractivity contribution < 1.29 is 22.7 Å². The van der Waals surface area contributed by atoms with Crippen molar-refractivity contribution in [1.29, 1.82) is 0 Å². The number of hydrogen-bond donors (Lipinski definition) is 0. The standard InChI is InChI=1S/C33H46F3N3O2/c1-5-37(29-10-7-6-8-11-29)18-9-23-41-31-17-16-30(24(2)25(31)3)26(4)38-19-21-39(22-20-38)32(40)27-12-14-28(15-13-27)33(34,35)36/h12-17,26,29H,5-11,18-23H2,1-4H3. The zero-order valence-corrected chi connectivity index (χ0v) is 25.1. The van der Waals surface area contributed by atoms with Gasteiger partial charge in [0, 0.05) is 50.4 Å². The average Bonchev–Trinajstić information content (AvgIpc) is 2.98.